The SMILES string of the molecule is Cc1cc2c3c(c1C)[C@]1(C(=O)N3C(C)(C)C[C@@H]2C)C(C#N)=C(N)Oc2n[nH]c(C)c21. The van der Waals surface area contributed by atoms with Crippen LogP contribution in [0.15, 0.2) is 17.5 Å². The van der Waals surface area contributed by atoms with E-state index in [0.717, 1.165) is 34.4 Å². The fourth-order valence-electron chi connectivity index (χ4n) is 5.90. The number of amides is 1. The maximum absolute atomic E-state index is 14.5. The van der Waals surface area contributed by atoms with E-state index >= 15 is 0 Å². The number of fused-ring (bicyclic) bond motifs is 3. The first-order valence-corrected chi connectivity index (χ1v) is 10.2. The Morgan fingerprint density at radius 3 is 2.70 bits per heavy atom. The van der Waals surface area contributed by atoms with Crippen LogP contribution in [-0.4, -0.2) is 21.6 Å². The molecule has 0 saturated carbocycles. The predicted octanol–water partition coefficient (Wildman–Crippen LogP) is 3.34. The number of H-pyrrole nitrogens is 1. The van der Waals surface area contributed by atoms with Crippen LogP contribution in [0.4, 0.5) is 5.69 Å². The van der Waals surface area contributed by atoms with Crippen LogP contribution >= 0.6 is 0 Å². The van der Waals surface area contributed by atoms with Crippen LogP contribution in [0.1, 0.15) is 66.6 Å². The number of carbonyl (C=O) groups is 1. The number of hydrogen-bond acceptors (Lipinski definition) is 5. The lowest BCUT2D eigenvalue weighted by molar-refractivity contribution is -0.122. The van der Waals surface area contributed by atoms with Gasteiger partial charge >= 0.3 is 0 Å². The van der Waals surface area contributed by atoms with Gasteiger partial charge in [0.05, 0.1) is 11.3 Å². The third-order valence-corrected chi connectivity index (χ3v) is 7.14. The van der Waals surface area contributed by atoms with Gasteiger partial charge < -0.3 is 15.4 Å². The van der Waals surface area contributed by atoms with E-state index in [-0.39, 0.29) is 29.2 Å². The standard InChI is InChI=1S/C23H25N5O2/c1-10-7-14-11(2)8-22(5,6)28-18(14)16(12(10)3)23(21(28)29)15(9-24)19(25)30-20-17(23)13(4)26-27-20/h7,11H,8,25H2,1-6H3,(H,26,27)/t11-,23+/m0/s1. The van der Waals surface area contributed by atoms with Crippen molar-refractivity contribution < 1.29 is 9.53 Å². The van der Waals surface area contributed by atoms with Gasteiger partial charge in [-0.25, -0.2) is 0 Å². The summed E-state index contributed by atoms with van der Waals surface area (Å²) in [5.74, 6) is 0.324. The molecule has 0 saturated heterocycles. The zero-order valence-corrected chi connectivity index (χ0v) is 18.1. The summed E-state index contributed by atoms with van der Waals surface area (Å²) in [4.78, 5) is 16.4. The van der Waals surface area contributed by atoms with Crippen molar-refractivity contribution in [2.45, 2.75) is 64.8 Å². The normalized spacial score (nSPS) is 25.8. The molecule has 3 N–H and O–H groups in total. The number of benzene rings is 1. The largest absolute Gasteiger partial charge is 0.420 e. The molecule has 2 aromatic rings. The zero-order chi connectivity index (χ0) is 21.7. The Bertz CT molecular complexity index is 1230. The van der Waals surface area contributed by atoms with Crippen molar-refractivity contribution in [1.29, 1.82) is 5.26 Å². The molecular formula is C23H25N5O2. The van der Waals surface area contributed by atoms with Gasteiger partial charge in [-0.05, 0) is 63.6 Å². The molecule has 0 aliphatic carbocycles. The fourth-order valence-corrected chi connectivity index (χ4v) is 5.90. The molecule has 1 amide bonds. The number of carbonyl (C=O) groups excluding carboxylic acids is 1. The summed E-state index contributed by atoms with van der Waals surface area (Å²) in [6, 6.07) is 4.42. The Labute approximate surface area is 175 Å². The van der Waals surface area contributed by atoms with Gasteiger partial charge in [-0.15, -0.1) is 5.10 Å². The summed E-state index contributed by atoms with van der Waals surface area (Å²) in [6.07, 6.45) is 0.832. The number of nitrogens with two attached hydrogens (primary N) is 1. The van der Waals surface area contributed by atoms with Gasteiger partial charge in [-0.1, -0.05) is 13.0 Å². The Morgan fingerprint density at radius 2 is 2.03 bits per heavy atom. The Kier molecular flexibility index (Phi) is 3.40. The second-order valence-corrected chi connectivity index (χ2v) is 9.42. The summed E-state index contributed by atoms with van der Waals surface area (Å²) in [7, 11) is 0. The Hall–Kier alpha value is -3.27. The highest BCUT2D eigenvalue weighted by Crippen LogP contribution is 2.62. The molecule has 1 aromatic heterocycles. The van der Waals surface area contributed by atoms with Crippen LogP contribution in [0, 0.1) is 32.1 Å². The van der Waals surface area contributed by atoms with E-state index in [9.17, 15) is 10.1 Å². The molecule has 1 spiro atoms. The number of nitrogens with one attached hydrogen (secondary N) is 1. The molecule has 0 radical (unpaired) electrons. The molecule has 154 valence electrons. The second-order valence-electron chi connectivity index (χ2n) is 9.42. The van der Waals surface area contributed by atoms with Crippen molar-refractivity contribution in [3.05, 3.63) is 51.0 Å². The monoisotopic (exact) mass is 403 g/mol. The Morgan fingerprint density at radius 1 is 1.33 bits per heavy atom. The highest BCUT2D eigenvalue weighted by molar-refractivity contribution is 6.16. The summed E-state index contributed by atoms with van der Waals surface area (Å²) in [5.41, 5.74) is 10.9. The number of anilines is 1. The van der Waals surface area contributed by atoms with E-state index < -0.39 is 11.0 Å². The van der Waals surface area contributed by atoms with Crippen LogP contribution in [0.3, 0.4) is 0 Å². The number of rotatable bonds is 0. The lowest BCUT2D eigenvalue weighted by Gasteiger charge is -2.44. The number of aryl methyl sites for hydroxylation is 2. The number of ether oxygens (including phenoxy) is 1. The van der Waals surface area contributed by atoms with E-state index in [1.807, 2.05) is 18.7 Å². The number of nitriles is 1. The minimum Gasteiger partial charge on any atom is -0.420 e. The zero-order valence-electron chi connectivity index (χ0n) is 18.1. The molecule has 7 heteroatoms. The van der Waals surface area contributed by atoms with E-state index in [2.05, 4.69) is 50.0 Å². The molecule has 4 heterocycles. The first kappa shape index (κ1) is 18.7. The molecule has 7 nitrogen and oxygen atoms in total. The van der Waals surface area contributed by atoms with Crippen LogP contribution in [0.25, 0.3) is 0 Å². The smallest absolute Gasteiger partial charge is 0.248 e. The van der Waals surface area contributed by atoms with Crippen LogP contribution in [0.5, 0.6) is 5.88 Å². The minimum atomic E-state index is -1.36. The summed E-state index contributed by atoms with van der Waals surface area (Å²) >= 11 is 0. The van der Waals surface area contributed by atoms with Crippen LogP contribution < -0.4 is 15.4 Å². The summed E-state index contributed by atoms with van der Waals surface area (Å²) < 4.78 is 5.69. The van der Waals surface area contributed by atoms with Gasteiger partial charge in [0.25, 0.3) is 0 Å². The summed E-state index contributed by atoms with van der Waals surface area (Å²) in [5, 5.41) is 17.4. The first-order valence-electron chi connectivity index (χ1n) is 10.2. The lowest BCUT2D eigenvalue weighted by atomic mass is 9.67. The molecule has 2 atom stereocenters. The molecule has 0 bridgehead atoms. The van der Waals surface area contributed by atoms with Crippen molar-refractivity contribution >= 4 is 11.6 Å². The highest BCUT2D eigenvalue weighted by atomic mass is 16.5. The van der Waals surface area contributed by atoms with Crippen LogP contribution in [0.2, 0.25) is 0 Å². The van der Waals surface area contributed by atoms with Gasteiger partial charge in [-0.2, -0.15) is 5.26 Å². The van der Waals surface area contributed by atoms with E-state index in [0.29, 0.717) is 11.3 Å². The predicted molar refractivity (Wildman–Crippen MR) is 112 cm³/mol. The molecule has 3 aliphatic rings. The van der Waals surface area contributed by atoms with Gasteiger partial charge in [0.15, 0.2) is 0 Å². The Balaban J connectivity index is 2.04. The van der Waals surface area contributed by atoms with Crippen molar-refractivity contribution in [2.75, 3.05) is 4.90 Å². The quantitative estimate of drug-likeness (QED) is 0.701. The number of hydrogen-bond donors (Lipinski definition) is 2. The average Bonchev–Trinajstić information content (AvgIpc) is 3.14. The minimum absolute atomic E-state index is 0.0646. The third kappa shape index (κ3) is 1.85. The van der Waals surface area contributed by atoms with Gasteiger partial charge in [0, 0.05) is 16.8 Å². The topological polar surface area (TPSA) is 108 Å². The van der Waals surface area contributed by atoms with Crippen molar-refractivity contribution in [3.8, 4) is 11.9 Å². The molecule has 0 fully saturated rings. The molecule has 30 heavy (non-hydrogen) atoms. The lowest BCUT2D eigenvalue weighted by Crippen LogP contribution is -2.54. The number of aromatic amines is 1. The third-order valence-electron chi connectivity index (χ3n) is 7.14. The van der Waals surface area contributed by atoms with Crippen LogP contribution in [-0.2, 0) is 10.2 Å². The second kappa shape index (κ2) is 5.45. The van der Waals surface area contributed by atoms with Gasteiger partial charge in [0.2, 0.25) is 17.7 Å². The van der Waals surface area contributed by atoms with Crippen molar-refractivity contribution in [2.24, 2.45) is 5.73 Å². The molecule has 3 aliphatic heterocycles. The van der Waals surface area contributed by atoms with E-state index in [1.165, 1.54) is 0 Å². The fraction of sp³-hybridized carbons (Fsp3) is 0.435. The van der Waals surface area contributed by atoms with Crippen molar-refractivity contribution in [3.63, 3.8) is 0 Å². The van der Waals surface area contributed by atoms with E-state index in [1.54, 1.807) is 0 Å². The van der Waals surface area contributed by atoms with Gasteiger partial charge in [0.1, 0.15) is 17.1 Å². The summed E-state index contributed by atoms with van der Waals surface area (Å²) in [6.45, 7) is 12.3. The van der Waals surface area contributed by atoms with E-state index in [4.69, 9.17) is 10.5 Å². The highest BCUT2D eigenvalue weighted by Gasteiger charge is 2.65. The maximum Gasteiger partial charge on any atom is 0.248 e. The average molecular weight is 403 g/mol. The molecule has 1 aromatic carbocycles. The maximum atomic E-state index is 14.5. The molecule has 5 rings (SSSR count). The molecule has 0 unspecified atom stereocenters. The van der Waals surface area contributed by atoms with Crippen molar-refractivity contribution in [1.82, 2.24) is 10.2 Å². The number of aromatic nitrogens is 2. The first-order chi connectivity index (χ1) is 14.1. The van der Waals surface area contributed by atoms with Gasteiger partial charge in [-0.3, -0.25) is 9.89 Å². The molecular weight excluding hydrogens is 378 g/mol. The number of nitrogens with zero attached hydrogens (tertiary/aromatic N) is 3.